The summed E-state index contributed by atoms with van der Waals surface area (Å²) in [6, 6.07) is 19.7. The lowest BCUT2D eigenvalue weighted by Crippen LogP contribution is -1.76. The van der Waals surface area contributed by atoms with E-state index >= 15 is 0 Å². The zero-order chi connectivity index (χ0) is 11.9. The quantitative estimate of drug-likeness (QED) is 0.409. The van der Waals surface area contributed by atoms with Crippen LogP contribution in [0, 0.1) is 0 Å². The average molecular weight is 266 g/mol. The van der Waals surface area contributed by atoms with Crippen LogP contribution in [0.4, 0.5) is 0 Å². The molecule has 0 radical (unpaired) electrons. The zero-order valence-electron chi connectivity index (χ0n) is 9.59. The molecule has 2 aromatic carbocycles. The van der Waals surface area contributed by atoms with Crippen LogP contribution >= 0.6 is 22.7 Å². The average Bonchev–Trinajstić information content (AvgIpc) is 2.99. The third-order valence-electron chi connectivity index (χ3n) is 3.19. The van der Waals surface area contributed by atoms with Gasteiger partial charge in [0.2, 0.25) is 0 Å². The number of thiophene rings is 2. The molecule has 0 nitrogen and oxygen atoms in total. The fraction of sp³-hybridized carbons (Fsp3) is 0. The predicted octanol–water partition coefficient (Wildman–Crippen LogP) is 5.78. The van der Waals surface area contributed by atoms with Gasteiger partial charge in [-0.3, -0.25) is 0 Å². The lowest BCUT2D eigenvalue weighted by Gasteiger charge is -2.03. The second kappa shape index (κ2) is 3.94. The Bertz CT molecular complexity index is 802. The summed E-state index contributed by atoms with van der Waals surface area (Å²) in [4.78, 5) is 1.37. The highest BCUT2D eigenvalue weighted by Crippen LogP contribution is 2.38. The van der Waals surface area contributed by atoms with Crippen LogP contribution in [0.2, 0.25) is 0 Å². The Morgan fingerprint density at radius 2 is 1.67 bits per heavy atom. The molecule has 0 fully saturated rings. The number of fused-ring (bicyclic) bond motifs is 2. The van der Waals surface area contributed by atoms with Crippen molar-refractivity contribution in [2.45, 2.75) is 0 Å². The summed E-state index contributed by atoms with van der Waals surface area (Å²) in [6.45, 7) is 0. The van der Waals surface area contributed by atoms with Gasteiger partial charge in [0.25, 0.3) is 0 Å². The van der Waals surface area contributed by atoms with Gasteiger partial charge in [0, 0.05) is 14.3 Å². The van der Waals surface area contributed by atoms with Gasteiger partial charge in [-0.25, -0.2) is 0 Å². The standard InChI is InChI=1S/C16H10S2/c1-2-6-12-11(4-1)5-3-7-13(12)15-10-16-14(18-15)8-9-17-16/h1-10H. The maximum atomic E-state index is 2.31. The molecule has 0 bridgehead atoms. The highest BCUT2D eigenvalue weighted by atomic mass is 32.1. The first-order chi connectivity index (χ1) is 8.92. The highest BCUT2D eigenvalue weighted by molar-refractivity contribution is 7.28. The van der Waals surface area contributed by atoms with Crippen molar-refractivity contribution in [1.82, 2.24) is 0 Å². The minimum atomic E-state index is 1.31. The molecule has 0 amide bonds. The van der Waals surface area contributed by atoms with Crippen molar-refractivity contribution in [2.24, 2.45) is 0 Å². The van der Waals surface area contributed by atoms with Gasteiger partial charge in [-0.15, -0.1) is 22.7 Å². The summed E-state index contributed by atoms with van der Waals surface area (Å²) in [6.07, 6.45) is 0. The van der Waals surface area contributed by atoms with E-state index in [1.54, 1.807) is 0 Å². The van der Waals surface area contributed by atoms with E-state index in [4.69, 9.17) is 0 Å². The van der Waals surface area contributed by atoms with Crippen molar-refractivity contribution < 1.29 is 0 Å². The fourth-order valence-corrected chi connectivity index (χ4v) is 4.49. The molecule has 0 unspecified atom stereocenters. The van der Waals surface area contributed by atoms with Gasteiger partial charge in [0.15, 0.2) is 0 Å². The van der Waals surface area contributed by atoms with E-state index < -0.39 is 0 Å². The van der Waals surface area contributed by atoms with Crippen molar-refractivity contribution >= 4 is 42.8 Å². The number of rotatable bonds is 1. The first kappa shape index (κ1) is 10.3. The summed E-state index contributed by atoms with van der Waals surface area (Å²) in [7, 11) is 0. The summed E-state index contributed by atoms with van der Waals surface area (Å²) >= 11 is 3.70. The number of hydrogen-bond acceptors (Lipinski definition) is 2. The normalized spacial score (nSPS) is 11.3. The first-order valence-electron chi connectivity index (χ1n) is 5.87. The predicted molar refractivity (Wildman–Crippen MR) is 82.6 cm³/mol. The smallest absolute Gasteiger partial charge is 0.0457 e. The van der Waals surface area contributed by atoms with E-state index in [9.17, 15) is 0 Å². The van der Waals surface area contributed by atoms with Crippen LogP contribution in [0.25, 0.3) is 30.6 Å². The minimum absolute atomic E-state index is 1.31. The molecule has 2 aromatic heterocycles. The Morgan fingerprint density at radius 3 is 2.61 bits per heavy atom. The molecule has 2 heterocycles. The Morgan fingerprint density at radius 1 is 0.778 bits per heavy atom. The molecular formula is C16H10S2. The van der Waals surface area contributed by atoms with Crippen LogP contribution in [-0.2, 0) is 0 Å². The molecule has 0 saturated heterocycles. The van der Waals surface area contributed by atoms with Crippen LogP contribution in [0.3, 0.4) is 0 Å². The third kappa shape index (κ3) is 1.50. The molecule has 4 aromatic rings. The lowest BCUT2D eigenvalue weighted by atomic mass is 10.0. The SMILES string of the molecule is c1ccc2c(-c3cc4sccc4s3)cccc2c1. The van der Waals surface area contributed by atoms with E-state index in [-0.39, 0.29) is 0 Å². The third-order valence-corrected chi connectivity index (χ3v) is 5.32. The molecule has 0 aliphatic rings. The molecule has 0 saturated carbocycles. The van der Waals surface area contributed by atoms with Crippen LogP contribution in [-0.4, -0.2) is 0 Å². The zero-order valence-corrected chi connectivity index (χ0v) is 11.2. The molecule has 0 atom stereocenters. The summed E-state index contributed by atoms with van der Waals surface area (Å²) in [5, 5.41) is 4.81. The maximum Gasteiger partial charge on any atom is 0.0457 e. The van der Waals surface area contributed by atoms with E-state index in [2.05, 4.69) is 60.0 Å². The number of benzene rings is 2. The van der Waals surface area contributed by atoms with Crippen molar-refractivity contribution in [3.8, 4) is 10.4 Å². The summed E-state index contributed by atoms with van der Waals surface area (Å²) in [5.41, 5.74) is 1.35. The second-order valence-corrected chi connectivity index (χ2v) is 6.32. The van der Waals surface area contributed by atoms with Crippen molar-refractivity contribution in [2.75, 3.05) is 0 Å². The van der Waals surface area contributed by atoms with Gasteiger partial charge in [-0.1, -0.05) is 42.5 Å². The first-order valence-corrected chi connectivity index (χ1v) is 7.56. The van der Waals surface area contributed by atoms with E-state index in [0.717, 1.165) is 0 Å². The second-order valence-electron chi connectivity index (χ2n) is 4.29. The Balaban J connectivity index is 2.04. The Hall–Kier alpha value is -1.64. The lowest BCUT2D eigenvalue weighted by molar-refractivity contribution is 1.74. The molecule has 0 N–H and O–H groups in total. The Labute approximate surface area is 113 Å². The summed E-state index contributed by atoms with van der Waals surface area (Å²) < 4.78 is 2.78. The van der Waals surface area contributed by atoms with Crippen LogP contribution in [0.1, 0.15) is 0 Å². The molecule has 0 aliphatic heterocycles. The topological polar surface area (TPSA) is 0 Å². The molecule has 2 heteroatoms. The van der Waals surface area contributed by atoms with Gasteiger partial charge >= 0.3 is 0 Å². The van der Waals surface area contributed by atoms with Crippen LogP contribution in [0.15, 0.2) is 60.0 Å². The van der Waals surface area contributed by atoms with Crippen LogP contribution in [0.5, 0.6) is 0 Å². The highest BCUT2D eigenvalue weighted by Gasteiger charge is 2.07. The van der Waals surface area contributed by atoms with E-state index in [1.807, 2.05) is 22.7 Å². The Kier molecular flexibility index (Phi) is 2.25. The maximum absolute atomic E-state index is 2.31. The largest absolute Gasteiger partial charge is 0.143 e. The fourth-order valence-electron chi connectivity index (χ4n) is 2.34. The molecular weight excluding hydrogens is 256 g/mol. The van der Waals surface area contributed by atoms with Gasteiger partial charge in [0.1, 0.15) is 0 Å². The van der Waals surface area contributed by atoms with Crippen molar-refractivity contribution in [3.63, 3.8) is 0 Å². The molecule has 0 spiro atoms. The van der Waals surface area contributed by atoms with E-state index in [1.165, 1.54) is 30.6 Å². The molecule has 0 aliphatic carbocycles. The minimum Gasteiger partial charge on any atom is -0.143 e. The van der Waals surface area contributed by atoms with E-state index in [0.29, 0.717) is 0 Å². The van der Waals surface area contributed by atoms with Crippen molar-refractivity contribution in [1.29, 1.82) is 0 Å². The van der Waals surface area contributed by atoms with Gasteiger partial charge in [-0.05, 0) is 33.8 Å². The van der Waals surface area contributed by atoms with Gasteiger partial charge in [0.05, 0.1) is 0 Å². The summed E-state index contributed by atoms with van der Waals surface area (Å²) in [5.74, 6) is 0. The molecule has 18 heavy (non-hydrogen) atoms. The molecule has 4 rings (SSSR count). The van der Waals surface area contributed by atoms with Gasteiger partial charge < -0.3 is 0 Å². The van der Waals surface area contributed by atoms with Crippen molar-refractivity contribution in [3.05, 3.63) is 60.0 Å². The van der Waals surface area contributed by atoms with Crippen LogP contribution < -0.4 is 0 Å². The molecule has 86 valence electrons. The number of hydrogen-bond donors (Lipinski definition) is 0. The van der Waals surface area contributed by atoms with Gasteiger partial charge in [-0.2, -0.15) is 0 Å². The monoisotopic (exact) mass is 266 g/mol.